The van der Waals surface area contributed by atoms with Crippen molar-refractivity contribution < 1.29 is 13.9 Å². The summed E-state index contributed by atoms with van der Waals surface area (Å²) >= 11 is 0. The van der Waals surface area contributed by atoms with Crippen LogP contribution in [0.4, 0.5) is 5.69 Å². The number of hydrogen-bond acceptors (Lipinski definition) is 4. The Hall–Kier alpha value is -3.52. The number of nitriles is 1. The predicted molar refractivity (Wildman–Crippen MR) is 88.6 cm³/mol. The van der Waals surface area contributed by atoms with Crippen LogP contribution in [0.5, 0.6) is 5.75 Å². The first kappa shape index (κ1) is 15.4. The Bertz CT molecular complexity index is 862. The van der Waals surface area contributed by atoms with Gasteiger partial charge in [0, 0.05) is 11.3 Å². The van der Waals surface area contributed by atoms with E-state index < -0.39 is 0 Å². The topological polar surface area (TPSA) is 75.3 Å². The Morgan fingerprint density at radius 3 is 2.54 bits per heavy atom. The molecule has 0 aliphatic rings. The van der Waals surface area contributed by atoms with Gasteiger partial charge in [0.25, 0.3) is 5.91 Å². The zero-order chi connectivity index (χ0) is 16.8. The van der Waals surface area contributed by atoms with Gasteiger partial charge in [-0.15, -0.1) is 0 Å². The van der Waals surface area contributed by atoms with E-state index >= 15 is 0 Å². The summed E-state index contributed by atoms with van der Waals surface area (Å²) in [6.07, 6.45) is 1.46. The van der Waals surface area contributed by atoms with Gasteiger partial charge >= 0.3 is 0 Å². The molecular weight excluding hydrogens is 304 g/mol. The van der Waals surface area contributed by atoms with Gasteiger partial charge in [-0.3, -0.25) is 4.79 Å². The molecule has 1 amide bonds. The molecule has 0 saturated heterocycles. The van der Waals surface area contributed by atoms with E-state index in [1.807, 2.05) is 36.4 Å². The molecule has 0 radical (unpaired) electrons. The molecule has 0 aliphatic carbocycles. The number of nitrogens with one attached hydrogen (secondary N) is 1. The second kappa shape index (κ2) is 7.16. The maximum Gasteiger partial charge on any atom is 0.291 e. The molecule has 5 heteroatoms. The lowest BCUT2D eigenvalue weighted by Crippen LogP contribution is -2.13. The molecule has 0 aliphatic heterocycles. The first-order valence-electron chi connectivity index (χ1n) is 7.32. The Kier molecular flexibility index (Phi) is 4.59. The highest BCUT2D eigenvalue weighted by atomic mass is 16.5. The molecule has 1 heterocycles. The third kappa shape index (κ3) is 3.62. The largest absolute Gasteiger partial charge is 0.489 e. The van der Waals surface area contributed by atoms with Gasteiger partial charge in [0.05, 0.1) is 17.9 Å². The molecular formula is C19H14N2O3. The minimum Gasteiger partial charge on any atom is -0.489 e. The summed E-state index contributed by atoms with van der Waals surface area (Å²) in [6.45, 7) is 0.233. The molecule has 5 nitrogen and oxygen atoms in total. The number of amides is 1. The van der Waals surface area contributed by atoms with Crippen molar-refractivity contribution in [2.24, 2.45) is 0 Å². The van der Waals surface area contributed by atoms with Crippen molar-refractivity contribution in [1.29, 1.82) is 5.26 Å². The van der Waals surface area contributed by atoms with Gasteiger partial charge < -0.3 is 14.5 Å². The van der Waals surface area contributed by atoms with Crippen LogP contribution in [0.2, 0.25) is 0 Å². The highest BCUT2D eigenvalue weighted by Crippen LogP contribution is 2.17. The number of anilines is 1. The Morgan fingerprint density at radius 1 is 1.08 bits per heavy atom. The summed E-state index contributed by atoms with van der Waals surface area (Å²) in [7, 11) is 0. The summed E-state index contributed by atoms with van der Waals surface area (Å²) in [5.41, 5.74) is 1.78. The molecule has 118 valence electrons. The zero-order valence-electron chi connectivity index (χ0n) is 12.7. The standard InChI is InChI=1S/C19H14N2O3/c20-12-14-6-8-16(9-7-14)21-19(22)18-15(10-11-23-18)13-24-17-4-2-1-3-5-17/h1-11H,13H2,(H,21,22). The fourth-order valence-corrected chi connectivity index (χ4v) is 2.14. The molecule has 1 aromatic heterocycles. The Labute approximate surface area is 139 Å². The predicted octanol–water partition coefficient (Wildman–Crippen LogP) is 3.98. The second-order valence-corrected chi connectivity index (χ2v) is 5.02. The second-order valence-electron chi connectivity index (χ2n) is 5.02. The van der Waals surface area contributed by atoms with Gasteiger partial charge in [-0.1, -0.05) is 18.2 Å². The number of carbonyl (C=O) groups excluding carboxylic acids is 1. The first-order valence-corrected chi connectivity index (χ1v) is 7.32. The Balaban J connectivity index is 1.67. The van der Waals surface area contributed by atoms with Crippen LogP contribution < -0.4 is 10.1 Å². The third-order valence-electron chi connectivity index (χ3n) is 3.36. The van der Waals surface area contributed by atoms with E-state index in [0.717, 1.165) is 5.75 Å². The van der Waals surface area contributed by atoms with Gasteiger partial charge in [-0.05, 0) is 42.5 Å². The van der Waals surface area contributed by atoms with Crippen molar-refractivity contribution in [2.45, 2.75) is 6.61 Å². The fraction of sp³-hybridized carbons (Fsp3) is 0.0526. The smallest absolute Gasteiger partial charge is 0.291 e. The van der Waals surface area contributed by atoms with E-state index in [4.69, 9.17) is 14.4 Å². The highest BCUT2D eigenvalue weighted by molar-refractivity contribution is 6.03. The lowest BCUT2D eigenvalue weighted by Gasteiger charge is -2.07. The van der Waals surface area contributed by atoms with E-state index in [2.05, 4.69) is 5.32 Å². The van der Waals surface area contributed by atoms with E-state index in [9.17, 15) is 4.79 Å². The van der Waals surface area contributed by atoms with Crippen molar-refractivity contribution >= 4 is 11.6 Å². The number of hydrogen-bond donors (Lipinski definition) is 1. The number of nitrogens with zero attached hydrogens (tertiary/aromatic N) is 1. The molecule has 0 unspecified atom stereocenters. The van der Waals surface area contributed by atoms with Crippen LogP contribution in [0.3, 0.4) is 0 Å². The van der Waals surface area contributed by atoms with Crippen molar-refractivity contribution in [1.82, 2.24) is 0 Å². The van der Waals surface area contributed by atoms with Gasteiger partial charge in [-0.25, -0.2) is 0 Å². The number of rotatable bonds is 5. The fourth-order valence-electron chi connectivity index (χ4n) is 2.14. The average molecular weight is 318 g/mol. The number of ether oxygens (including phenoxy) is 1. The number of para-hydroxylation sites is 1. The zero-order valence-corrected chi connectivity index (χ0v) is 12.7. The summed E-state index contributed by atoms with van der Waals surface area (Å²) in [6, 6.07) is 19.7. The quantitative estimate of drug-likeness (QED) is 0.772. The van der Waals surface area contributed by atoms with Gasteiger partial charge in [0.1, 0.15) is 12.4 Å². The van der Waals surface area contributed by atoms with Crippen LogP contribution in [0.15, 0.2) is 71.3 Å². The minimum atomic E-state index is -0.364. The minimum absolute atomic E-state index is 0.204. The lowest BCUT2D eigenvalue weighted by atomic mass is 10.2. The van der Waals surface area contributed by atoms with E-state index in [1.165, 1.54) is 6.26 Å². The van der Waals surface area contributed by atoms with Gasteiger partial charge in [0.2, 0.25) is 0 Å². The monoisotopic (exact) mass is 318 g/mol. The van der Waals surface area contributed by atoms with Crippen LogP contribution in [0.1, 0.15) is 21.7 Å². The van der Waals surface area contributed by atoms with Crippen LogP contribution in [-0.4, -0.2) is 5.91 Å². The SMILES string of the molecule is N#Cc1ccc(NC(=O)c2occc2COc2ccccc2)cc1. The van der Waals surface area contributed by atoms with Crippen molar-refractivity contribution in [3.63, 3.8) is 0 Å². The molecule has 0 saturated carbocycles. The average Bonchev–Trinajstić information content (AvgIpc) is 3.10. The number of furan rings is 1. The van der Waals surface area contributed by atoms with Gasteiger partial charge in [0.15, 0.2) is 5.76 Å². The molecule has 0 fully saturated rings. The van der Waals surface area contributed by atoms with Crippen molar-refractivity contribution in [3.8, 4) is 11.8 Å². The molecule has 0 bridgehead atoms. The van der Waals surface area contributed by atoms with Crippen molar-refractivity contribution in [2.75, 3.05) is 5.32 Å². The Morgan fingerprint density at radius 2 is 1.83 bits per heavy atom. The van der Waals surface area contributed by atoms with Crippen LogP contribution in [-0.2, 0) is 6.61 Å². The van der Waals surface area contributed by atoms with Gasteiger partial charge in [-0.2, -0.15) is 5.26 Å². The molecule has 1 N–H and O–H groups in total. The van der Waals surface area contributed by atoms with E-state index in [-0.39, 0.29) is 18.3 Å². The molecule has 24 heavy (non-hydrogen) atoms. The maximum absolute atomic E-state index is 12.3. The highest BCUT2D eigenvalue weighted by Gasteiger charge is 2.16. The summed E-state index contributed by atoms with van der Waals surface area (Å²) in [4.78, 5) is 12.3. The first-order chi connectivity index (χ1) is 11.8. The van der Waals surface area contributed by atoms with Crippen LogP contribution in [0, 0.1) is 11.3 Å². The third-order valence-corrected chi connectivity index (χ3v) is 3.36. The molecule has 3 aromatic rings. The number of carbonyl (C=O) groups is 1. The van der Waals surface area contributed by atoms with E-state index in [0.29, 0.717) is 16.8 Å². The molecule has 0 atom stereocenters. The van der Waals surface area contributed by atoms with Crippen molar-refractivity contribution in [3.05, 3.63) is 83.8 Å². The maximum atomic E-state index is 12.3. The molecule has 3 rings (SSSR count). The molecule has 2 aromatic carbocycles. The molecule has 0 spiro atoms. The number of benzene rings is 2. The normalized spacial score (nSPS) is 9.96. The summed E-state index contributed by atoms with van der Waals surface area (Å²) < 4.78 is 10.9. The van der Waals surface area contributed by atoms with Crippen LogP contribution >= 0.6 is 0 Å². The van der Waals surface area contributed by atoms with Crippen LogP contribution in [0.25, 0.3) is 0 Å². The van der Waals surface area contributed by atoms with E-state index in [1.54, 1.807) is 30.3 Å². The lowest BCUT2D eigenvalue weighted by molar-refractivity contribution is 0.0993. The summed E-state index contributed by atoms with van der Waals surface area (Å²) in [5, 5.41) is 11.5. The summed E-state index contributed by atoms with van der Waals surface area (Å²) in [5.74, 6) is 0.559.